The Balaban J connectivity index is 2.70. The molecule has 0 amide bonds. The van der Waals surface area contributed by atoms with E-state index in [1.165, 1.54) is 4.88 Å². The number of halogens is 1. The molecule has 0 unspecified atom stereocenters. The van der Waals surface area contributed by atoms with Crippen LogP contribution in [0.1, 0.15) is 33.0 Å². The number of Topliss-reactive ketones (excluding diaryl/α,β-unsaturated/α-hetero) is 1. The fourth-order valence-electron chi connectivity index (χ4n) is 1.26. The van der Waals surface area contributed by atoms with Gasteiger partial charge in [0.2, 0.25) is 0 Å². The highest BCUT2D eigenvalue weighted by molar-refractivity contribution is 7.14. The summed E-state index contributed by atoms with van der Waals surface area (Å²) in [4.78, 5) is 13.7. The number of ketones is 1. The minimum absolute atomic E-state index is 0.233. The Kier molecular flexibility index (Phi) is 3.94. The number of carbonyl (C=O) groups excluding carboxylic acids is 1. The van der Waals surface area contributed by atoms with Crippen LogP contribution in [0.4, 0.5) is 0 Å². The summed E-state index contributed by atoms with van der Waals surface area (Å²) >= 11 is 7.11. The maximum Gasteiger partial charge on any atom is 0.173 e. The van der Waals surface area contributed by atoms with Gasteiger partial charge in [0, 0.05) is 17.2 Å². The molecule has 0 fully saturated rings. The summed E-state index contributed by atoms with van der Waals surface area (Å²) in [5, 5.41) is 0. The van der Waals surface area contributed by atoms with Gasteiger partial charge in [0.1, 0.15) is 0 Å². The molecule has 0 spiro atoms. The van der Waals surface area contributed by atoms with Crippen molar-refractivity contribution >= 4 is 28.7 Å². The van der Waals surface area contributed by atoms with E-state index in [-0.39, 0.29) is 5.78 Å². The predicted octanol–water partition coefficient (Wildman–Crippen LogP) is 3.57. The van der Waals surface area contributed by atoms with Crippen LogP contribution >= 0.6 is 22.9 Å². The van der Waals surface area contributed by atoms with E-state index in [0.717, 1.165) is 16.9 Å². The molecule has 3 heteroatoms. The summed E-state index contributed by atoms with van der Waals surface area (Å²) in [5.74, 6) is 0.797. The first-order chi connectivity index (χ1) is 6.15. The molecule has 13 heavy (non-hydrogen) atoms. The Morgan fingerprint density at radius 2 is 2.23 bits per heavy atom. The highest BCUT2D eigenvalue weighted by Gasteiger charge is 2.11. The van der Waals surface area contributed by atoms with Crippen LogP contribution in [-0.4, -0.2) is 11.7 Å². The van der Waals surface area contributed by atoms with Crippen molar-refractivity contribution < 1.29 is 4.79 Å². The monoisotopic (exact) mass is 216 g/mol. The lowest BCUT2D eigenvalue weighted by Crippen LogP contribution is -1.97. The van der Waals surface area contributed by atoms with Crippen LogP contribution in [0.5, 0.6) is 0 Å². The minimum atomic E-state index is 0.233. The number of hydrogen-bond acceptors (Lipinski definition) is 2. The van der Waals surface area contributed by atoms with Crippen molar-refractivity contribution in [1.29, 1.82) is 0 Å². The predicted molar refractivity (Wildman–Crippen MR) is 58.1 cm³/mol. The van der Waals surface area contributed by atoms with Crippen molar-refractivity contribution in [2.45, 2.75) is 26.7 Å². The second-order valence-corrected chi connectivity index (χ2v) is 4.72. The van der Waals surface area contributed by atoms with Gasteiger partial charge in [-0.25, -0.2) is 0 Å². The minimum Gasteiger partial charge on any atom is -0.293 e. The fraction of sp³-hybridized carbons (Fsp3) is 0.500. The van der Waals surface area contributed by atoms with Gasteiger partial charge in [-0.1, -0.05) is 0 Å². The zero-order chi connectivity index (χ0) is 9.84. The van der Waals surface area contributed by atoms with Crippen molar-refractivity contribution in [1.82, 2.24) is 0 Å². The third-order valence-corrected chi connectivity index (χ3v) is 3.29. The molecular weight excluding hydrogens is 204 g/mol. The molecule has 0 bridgehead atoms. The molecule has 1 aromatic heterocycles. The van der Waals surface area contributed by atoms with Gasteiger partial charge in [0.05, 0.1) is 4.88 Å². The Morgan fingerprint density at radius 3 is 2.69 bits per heavy atom. The van der Waals surface area contributed by atoms with E-state index in [9.17, 15) is 4.79 Å². The Hall–Kier alpha value is -0.340. The maximum atomic E-state index is 11.6. The van der Waals surface area contributed by atoms with Gasteiger partial charge in [0.25, 0.3) is 0 Å². The second-order valence-electron chi connectivity index (χ2n) is 3.08. The third kappa shape index (κ3) is 2.82. The number of carbonyl (C=O) groups is 1. The van der Waals surface area contributed by atoms with E-state index in [2.05, 4.69) is 6.07 Å². The van der Waals surface area contributed by atoms with Crippen LogP contribution in [0.15, 0.2) is 6.07 Å². The first kappa shape index (κ1) is 10.7. The standard InChI is InChI=1S/C10H13ClOS/c1-7-6-8(2)13-10(7)9(12)4-3-5-11/h6H,3-5H2,1-2H3. The number of alkyl halides is 1. The molecule has 0 N–H and O–H groups in total. The Bertz CT molecular complexity index is 304. The lowest BCUT2D eigenvalue weighted by atomic mass is 10.1. The van der Waals surface area contributed by atoms with Gasteiger partial charge in [-0.05, 0) is 31.9 Å². The number of hydrogen-bond donors (Lipinski definition) is 0. The molecule has 0 aliphatic carbocycles. The van der Waals surface area contributed by atoms with Gasteiger partial charge >= 0.3 is 0 Å². The molecule has 1 aromatic rings. The van der Waals surface area contributed by atoms with Crippen molar-refractivity contribution in [2.24, 2.45) is 0 Å². The molecular formula is C10H13ClOS. The van der Waals surface area contributed by atoms with Gasteiger partial charge in [-0.3, -0.25) is 4.79 Å². The van der Waals surface area contributed by atoms with Crippen LogP contribution in [0.25, 0.3) is 0 Å². The summed E-state index contributed by atoms with van der Waals surface area (Å²) in [6, 6.07) is 2.05. The summed E-state index contributed by atoms with van der Waals surface area (Å²) in [6.45, 7) is 4.01. The van der Waals surface area contributed by atoms with Crippen molar-refractivity contribution in [3.63, 3.8) is 0 Å². The highest BCUT2D eigenvalue weighted by atomic mass is 35.5. The zero-order valence-corrected chi connectivity index (χ0v) is 9.47. The first-order valence-electron chi connectivity index (χ1n) is 4.31. The number of rotatable bonds is 4. The topological polar surface area (TPSA) is 17.1 Å². The van der Waals surface area contributed by atoms with Crippen LogP contribution in [0.2, 0.25) is 0 Å². The molecule has 0 aromatic carbocycles. The number of thiophene rings is 1. The molecule has 0 saturated carbocycles. The van der Waals surface area contributed by atoms with Crippen LogP contribution < -0.4 is 0 Å². The van der Waals surface area contributed by atoms with E-state index in [0.29, 0.717) is 12.3 Å². The molecule has 0 saturated heterocycles. The lowest BCUT2D eigenvalue weighted by molar-refractivity contribution is 0.0985. The summed E-state index contributed by atoms with van der Waals surface area (Å²) in [6.07, 6.45) is 1.35. The number of aryl methyl sites for hydroxylation is 2. The van der Waals surface area contributed by atoms with E-state index in [1.54, 1.807) is 11.3 Å². The molecule has 1 heterocycles. The van der Waals surface area contributed by atoms with Crippen LogP contribution in [-0.2, 0) is 0 Å². The normalized spacial score (nSPS) is 10.4. The average molecular weight is 217 g/mol. The van der Waals surface area contributed by atoms with E-state index in [4.69, 9.17) is 11.6 Å². The lowest BCUT2D eigenvalue weighted by Gasteiger charge is -1.96. The SMILES string of the molecule is Cc1cc(C)c(C(=O)CCCCl)s1. The molecule has 0 radical (unpaired) electrons. The molecule has 0 atom stereocenters. The van der Waals surface area contributed by atoms with Crippen molar-refractivity contribution in [2.75, 3.05) is 5.88 Å². The van der Waals surface area contributed by atoms with Crippen molar-refractivity contribution in [3.05, 3.63) is 21.4 Å². The summed E-state index contributed by atoms with van der Waals surface area (Å²) in [5.41, 5.74) is 1.10. The first-order valence-corrected chi connectivity index (χ1v) is 5.66. The van der Waals surface area contributed by atoms with Crippen molar-refractivity contribution in [3.8, 4) is 0 Å². The average Bonchev–Trinajstić information content (AvgIpc) is 2.41. The highest BCUT2D eigenvalue weighted by Crippen LogP contribution is 2.22. The zero-order valence-electron chi connectivity index (χ0n) is 7.89. The second kappa shape index (κ2) is 4.77. The van der Waals surface area contributed by atoms with Crippen LogP contribution in [0, 0.1) is 13.8 Å². The molecule has 72 valence electrons. The smallest absolute Gasteiger partial charge is 0.173 e. The van der Waals surface area contributed by atoms with E-state index < -0.39 is 0 Å². The largest absolute Gasteiger partial charge is 0.293 e. The summed E-state index contributed by atoms with van der Waals surface area (Å²) in [7, 11) is 0. The van der Waals surface area contributed by atoms with Crippen LogP contribution in [0.3, 0.4) is 0 Å². The quantitative estimate of drug-likeness (QED) is 0.556. The fourth-order valence-corrected chi connectivity index (χ4v) is 2.39. The van der Waals surface area contributed by atoms with Gasteiger partial charge in [-0.15, -0.1) is 22.9 Å². The maximum absolute atomic E-state index is 11.6. The molecule has 0 aliphatic rings. The summed E-state index contributed by atoms with van der Waals surface area (Å²) < 4.78 is 0. The van der Waals surface area contributed by atoms with Gasteiger partial charge < -0.3 is 0 Å². The van der Waals surface area contributed by atoms with Gasteiger partial charge in [0.15, 0.2) is 5.78 Å². The molecule has 1 nitrogen and oxygen atoms in total. The van der Waals surface area contributed by atoms with Gasteiger partial charge in [-0.2, -0.15) is 0 Å². The van der Waals surface area contributed by atoms with E-state index >= 15 is 0 Å². The third-order valence-electron chi connectivity index (χ3n) is 1.83. The molecule has 1 rings (SSSR count). The Labute approximate surface area is 87.7 Å². The molecule has 0 aliphatic heterocycles. The Morgan fingerprint density at radius 1 is 1.54 bits per heavy atom. The van der Waals surface area contributed by atoms with E-state index in [1.807, 2.05) is 13.8 Å².